The van der Waals surface area contributed by atoms with E-state index in [1.54, 1.807) is 13.8 Å². The third-order valence-electron chi connectivity index (χ3n) is 3.71. The van der Waals surface area contributed by atoms with Crippen molar-refractivity contribution in [3.8, 4) is 0 Å². The summed E-state index contributed by atoms with van der Waals surface area (Å²) in [5.74, 6) is -1.70. The average Bonchev–Trinajstić information content (AvgIpc) is 2.52. The highest BCUT2D eigenvalue weighted by Crippen LogP contribution is 2.25. The molecule has 1 amide bonds. The normalized spacial score (nSPS) is 25.4. The highest BCUT2D eigenvalue weighted by molar-refractivity contribution is 5.95. The predicted molar refractivity (Wildman–Crippen MR) is 88.3 cm³/mol. The molecule has 1 aliphatic rings. The number of amides is 1. The van der Waals surface area contributed by atoms with Crippen molar-refractivity contribution in [2.45, 2.75) is 51.2 Å². The molecule has 0 saturated heterocycles. The van der Waals surface area contributed by atoms with Gasteiger partial charge in [0, 0.05) is 12.8 Å². The fourth-order valence-corrected chi connectivity index (χ4v) is 2.48. The Labute approximate surface area is 145 Å². The van der Waals surface area contributed by atoms with Gasteiger partial charge in [-0.2, -0.15) is 0 Å². The number of nitrogens with one attached hydrogen (secondary N) is 3. The lowest BCUT2D eigenvalue weighted by molar-refractivity contribution is -0.135. The zero-order valence-corrected chi connectivity index (χ0v) is 14.4. The molecule has 10 heteroatoms. The molecule has 0 radical (unpaired) electrons. The minimum atomic E-state index is -1.60. The summed E-state index contributed by atoms with van der Waals surface area (Å²) in [4.78, 5) is 23.8. The van der Waals surface area contributed by atoms with Crippen LogP contribution >= 0.6 is 0 Å². The SMILES string of the molecule is CC(=O)N[C@H]1[C@H]([C@H](O)[C@H](O)CO)OC(C(=O)C(C)C)=C[C@@H]1NC(=N)N. The summed E-state index contributed by atoms with van der Waals surface area (Å²) in [6.07, 6.45) is -3.01. The molecule has 0 aromatic heterocycles. The smallest absolute Gasteiger partial charge is 0.217 e. The maximum atomic E-state index is 12.3. The van der Waals surface area contributed by atoms with Crippen LogP contribution < -0.4 is 16.4 Å². The third kappa shape index (κ3) is 5.41. The van der Waals surface area contributed by atoms with Gasteiger partial charge in [0.1, 0.15) is 18.3 Å². The number of carbonyl (C=O) groups excluding carboxylic acids is 2. The molecule has 0 spiro atoms. The maximum absolute atomic E-state index is 12.3. The molecule has 1 heterocycles. The van der Waals surface area contributed by atoms with Crippen molar-refractivity contribution in [2.24, 2.45) is 11.7 Å². The summed E-state index contributed by atoms with van der Waals surface area (Å²) in [7, 11) is 0. The number of guanidine groups is 1. The van der Waals surface area contributed by atoms with Crippen LogP contribution in [0.25, 0.3) is 0 Å². The number of allylic oxidation sites excluding steroid dienone is 1. The van der Waals surface area contributed by atoms with E-state index in [0.717, 1.165) is 0 Å². The topological polar surface area (TPSA) is 178 Å². The van der Waals surface area contributed by atoms with E-state index in [2.05, 4.69) is 10.6 Å². The molecule has 8 N–H and O–H groups in total. The molecular weight excluding hydrogens is 332 g/mol. The van der Waals surface area contributed by atoms with Crippen molar-refractivity contribution < 1.29 is 29.6 Å². The van der Waals surface area contributed by atoms with Gasteiger partial charge in [-0.3, -0.25) is 15.0 Å². The van der Waals surface area contributed by atoms with E-state index in [1.807, 2.05) is 0 Å². The molecule has 0 unspecified atom stereocenters. The van der Waals surface area contributed by atoms with Crippen LogP contribution in [-0.2, 0) is 14.3 Å². The van der Waals surface area contributed by atoms with Crippen LogP contribution in [0.15, 0.2) is 11.8 Å². The molecule has 142 valence electrons. The maximum Gasteiger partial charge on any atom is 0.217 e. The summed E-state index contributed by atoms with van der Waals surface area (Å²) in [6.45, 7) is 3.83. The molecule has 0 aromatic rings. The van der Waals surface area contributed by atoms with Gasteiger partial charge in [0.25, 0.3) is 0 Å². The number of carbonyl (C=O) groups is 2. The molecule has 10 nitrogen and oxygen atoms in total. The highest BCUT2D eigenvalue weighted by atomic mass is 16.5. The molecular formula is C15H26N4O6. The molecule has 25 heavy (non-hydrogen) atoms. The zero-order chi connectivity index (χ0) is 19.3. The Morgan fingerprint density at radius 3 is 2.40 bits per heavy atom. The van der Waals surface area contributed by atoms with Gasteiger partial charge >= 0.3 is 0 Å². The first-order valence-corrected chi connectivity index (χ1v) is 7.85. The number of nitrogens with two attached hydrogens (primary N) is 1. The Hall–Kier alpha value is -2.17. The van der Waals surface area contributed by atoms with Crippen LogP contribution in [0.3, 0.4) is 0 Å². The molecule has 0 bridgehead atoms. The summed E-state index contributed by atoms with van der Waals surface area (Å²) >= 11 is 0. The molecule has 1 aliphatic heterocycles. The molecule has 5 atom stereocenters. The lowest BCUT2D eigenvalue weighted by Gasteiger charge is -2.40. The molecule has 0 aliphatic carbocycles. The summed E-state index contributed by atoms with van der Waals surface area (Å²) in [5, 5.41) is 41.6. The van der Waals surface area contributed by atoms with Gasteiger partial charge in [-0.05, 0) is 6.08 Å². The molecule has 1 rings (SSSR count). The Balaban J connectivity index is 3.30. The Morgan fingerprint density at radius 2 is 1.96 bits per heavy atom. The second-order valence-electron chi connectivity index (χ2n) is 6.18. The second-order valence-corrected chi connectivity index (χ2v) is 6.18. The van der Waals surface area contributed by atoms with Crippen LogP contribution in [0, 0.1) is 11.3 Å². The first-order valence-electron chi connectivity index (χ1n) is 7.85. The predicted octanol–water partition coefficient (Wildman–Crippen LogP) is -2.44. The number of aliphatic hydroxyl groups is 3. The van der Waals surface area contributed by atoms with E-state index < -0.39 is 54.8 Å². The Bertz CT molecular complexity index is 550. The van der Waals surface area contributed by atoms with Gasteiger partial charge in [-0.1, -0.05) is 13.8 Å². The summed E-state index contributed by atoms with van der Waals surface area (Å²) in [5.41, 5.74) is 5.36. The van der Waals surface area contributed by atoms with Gasteiger partial charge in [0.15, 0.2) is 17.5 Å². The number of rotatable bonds is 7. The second kappa shape index (κ2) is 8.79. The van der Waals surface area contributed by atoms with Crippen LogP contribution in [0.4, 0.5) is 0 Å². The minimum Gasteiger partial charge on any atom is -0.482 e. The lowest BCUT2D eigenvalue weighted by atomic mass is 9.90. The Morgan fingerprint density at radius 1 is 1.36 bits per heavy atom. The molecule has 0 saturated carbocycles. The number of hydrogen-bond acceptors (Lipinski definition) is 7. The van der Waals surface area contributed by atoms with Gasteiger partial charge in [-0.25, -0.2) is 0 Å². The van der Waals surface area contributed by atoms with E-state index in [9.17, 15) is 19.8 Å². The average molecular weight is 358 g/mol. The number of aliphatic hydroxyl groups excluding tert-OH is 3. The summed E-state index contributed by atoms with van der Waals surface area (Å²) in [6, 6.07) is -1.78. The van der Waals surface area contributed by atoms with E-state index in [1.165, 1.54) is 13.0 Å². The van der Waals surface area contributed by atoms with Crippen molar-refractivity contribution >= 4 is 17.6 Å². The standard InChI is InChI=1S/C15H26N4O6/c1-6(2)12(23)10-4-8(19-15(16)17)11(18-7(3)21)14(25-10)13(24)9(22)5-20/h4,6,8-9,11,13-14,20,22,24H,5H2,1-3H3,(H,18,21)(H4,16,17,19)/t8-,9+,11+,13+,14+/m0/s1. The van der Waals surface area contributed by atoms with Crippen LogP contribution in [0.5, 0.6) is 0 Å². The van der Waals surface area contributed by atoms with E-state index in [-0.39, 0.29) is 11.5 Å². The largest absolute Gasteiger partial charge is 0.482 e. The van der Waals surface area contributed by atoms with Crippen molar-refractivity contribution in [2.75, 3.05) is 6.61 Å². The van der Waals surface area contributed by atoms with Crippen LogP contribution in [0.2, 0.25) is 0 Å². The van der Waals surface area contributed by atoms with Crippen molar-refractivity contribution in [3.63, 3.8) is 0 Å². The minimum absolute atomic E-state index is 0.0791. The molecule has 0 fully saturated rings. The van der Waals surface area contributed by atoms with E-state index in [4.69, 9.17) is 21.0 Å². The first-order chi connectivity index (χ1) is 11.6. The first kappa shape index (κ1) is 20.9. The number of hydrogen-bond donors (Lipinski definition) is 7. The fourth-order valence-electron chi connectivity index (χ4n) is 2.48. The van der Waals surface area contributed by atoms with Crippen molar-refractivity contribution in [1.82, 2.24) is 10.6 Å². The third-order valence-corrected chi connectivity index (χ3v) is 3.71. The van der Waals surface area contributed by atoms with Gasteiger partial charge in [0.2, 0.25) is 5.91 Å². The monoisotopic (exact) mass is 358 g/mol. The van der Waals surface area contributed by atoms with Crippen LogP contribution in [-0.4, -0.2) is 70.0 Å². The number of Topliss-reactive ketones (excluding diaryl/α,β-unsaturated/α-hetero) is 1. The number of ether oxygens (including phenoxy) is 1. The van der Waals surface area contributed by atoms with E-state index in [0.29, 0.717) is 0 Å². The zero-order valence-electron chi connectivity index (χ0n) is 14.4. The van der Waals surface area contributed by atoms with Gasteiger partial charge in [0.05, 0.1) is 18.7 Å². The van der Waals surface area contributed by atoms with Gasteiger partial charge < -0.3 is 36.4 Å². The van der Waals surface area contributed by atoms with Gasteiger partial charge in [-0.15, -0.1) is 0 Å². The number of ketones is 1. The van der Waals surface area contributed by atoms with Crippen LogP contribution in [0.1, 0.15) is 20.8 Å². The lowest BCUT2D eigenvalue weighted by Crippen LogP contribution is -2.64. The quantitative estimate of drug-likeness (QED) is 0.194. The fraction of sp³-hybridized carbons (Fsp3) is 0.667. The van der Waals surface area contributed by atoms with E-state index >= 15 is 0 Å². The summed E-state index contributed by atoms with van der Waals surface area (Å²) < 4.78 is 5.54. The highest BCUT2D eigenvalue weighted by Gasteiger charge is 2.43. The van der Waals surface area contributed by atoms with Crippen molar-refractivity contribution in [1.29, 1.82) is 5.41 Å². The Kier molecular flexibility index (Phi) is 7.34. The van der Waals surface area contributed by atoms with Crippen molar-refractivity contribution in [3.05, 3.63) is 11.8 Å². The molecule has 0 aromatic carbocycles.